The van der Waals surface area contributed by atoms with Gasteiger partial charge in [-0.15, -0.1) is 5.92 Å². The molecule has 0 aliphatic rings. The number of para-hydroxylation sites is 1. The molecule has 1 amide bonds. The van der Waals surface area contributed by atoms with E-state index in [4.69, 9.17) is 4.98 Å². The molecule has 0 spiro atoms. The fourth-order valence-corrected chi connectivity index (χ4v) is 4.52. The van der Waals surface area contributed by atoms with Crippen molar-refractivity contribution in [1.82, 2.24) is 14.5 Å². The third-order valence-electron chi connectivity index (χ3n) is 6.46. The first-order chi connectivity index (χ1) is 18.6. The Kier molecular flexibility index (Phi) is 8.20. The van der Waals surface area contributed by atoms with Gasteiger partial charge >= 0.3 is 6.18 Å². The van der Waals surface area contributed by atoms with Crippen LogP contribution in [0.1, 0.15) is 55.7 Å². The minimum Gasteiger partial charge on any atom is -0.332 e. The summed E-state index contributed by atoms with van der Waals surface area (Å²) in [6.45, 7) is 5.87. The number of carbonyl (C=O) groups is 1. The van der Waals surface area contributed by atoms with Crippen LogP contribution in [0.5, 0.6) is 0 Å². The van der Waals surface area contributed by atoms with E-state index in [2.05, 4.69) is 11.8 Å². The summed E-state index contributed by atoms with van der Waals surface area (Å²) in [6, 6.07) is 18.3. The molecule has 39 heavy (non-hydrogen) atoms. The number of fused-ring (bicyclic) bond motifs is 1. The van der Waals surface area contributed by atoms with Gasteiger partial charge in [0.15, 0.2) is 0 Å². The molecular formula is C31H28F3N3O2. The van der Waals surface area contributed by atoms with Gasteiger partial charge in [-0.25, -0.2) is 4.98 Å². The van der Waals surface area contributed by atoms with Crippen LogP contribution in [-0.2, 0) is 17.4 Å². The fourth-order valence-electron chi connectivity index (χ4n) is 4.52. The van der Waals surface area contributed by atoms with E-state index in [1.807, 2.05) is 26.0 Å². The van der Waals surface area contributed by atoms with Crippen molar-refractivity contribution in [2.45, 2.75) is 45.8 Å². The third kappa shape index (κ3) is 6.04. The molecular weight excluding hydrogens is 503 g/mol. The van der Waals surface area contributed by atoms with Gasteiger partial charge in [0.1, 0.15) is 5.82 Å². The molecule has 5 nitrogen and oxygen atoms in total. The number of hydrogen-bond acceptors (Lipinski definition) is 3. The largest absolute Gasteiger partial charge is 0.416 e. The van der Waals surface area contributed by atoms with Crippen LogP contribution in [0.3, 0.4) is 0 Å². The topological polar surface area (TPSA) is 55.2 Å². The van der Waals surface area contributed by atoms with Crippen LogP contribution in [0.2, 0.25) is 0 Å². The van der Waals surface area contributed by atoms with E-state index in [9.17, 15) is 22.8 Å². The van der Waals surface area contributed by atoms with Crippen LogP contribution in [0.15, 0.2) is 77.6 Å². The van der Waals surface area contributed by atoms with Crippen LogP contribution in [0.25, 0.3) is 16.6 Å². The highest BCUT2D eigenvalue weighted by Gasteiger charge is 2.30. The Hall–Kier alpha value is -4.38. The Morgan fingerprint density at radius 2 is 1.69 bits per heavy atom. The normalized spacial score (nSPS) is 12.1. The zero-order valence-electron chi connectivity index (χ0n) is 21.9. The van der Waals surface area contributed by atoms with E-state index in [1.165, 1.54) is 16.7 Å². The highest BCUT2D eigenvalue weighted by atomic mass is 19.4. The number of halogens is 3. The minimum atomic E-state index is -4.45. The van der Waals surface area contributed by atoms with Gasteiger partial charge in [-0.2, -0.15) is 13.2 Å². The second kappa shape index (κ2) is 11.6. The van der Waals surface area contributed by atoms with Crippen LogP contribution >= 0.6 is 0 Å². The second-order valence-corrected chi connectivity index (χ2v) is 9.18. The molecule has 1 unspecified atom stereocenters. The fraction of sp³-hybridized carbons (Fsp3) is 0.258. The quantitative estimate of drug-likeness (QED) is 0.262. The van der Waals surface area contributed by atoms with Gasteiger partial charge in [-0.3, -0.25) is 14.2 Å². The summed E-state index contributed by atoms with van der Waals surface area (Å²) in [7, 11) is 0. The van der Waals surface area contributed by atoms with E-state index in [-0.39, 0.29) is 17.9 Å². The summed E-state index contributed by atoms with van der Waals surface area (Å²) in [4.78, 5) is 33.6. The Labute approximate surface area is 224 Å². The lowest BCUT2D eigenvalue weighted by molar-refractivity contribution is -0.137. The van der Waals surface area contributed by atoms with Crippen LogP contribution < -0.4 is 5.56 Å². The lowest BCUT2D eigenvalue weighted by Gasteiger charge is -2.30. The van der Waals surface area contributed by atoms with Crippen molar-refractivity contribution in [2.24, 2.45) is 0 Å². The number of benzene rings is 3. The van der Waals surface area contributed by atoms with Gasteiger partial charge in [-0.1, -0.05) is 37.1 Å². The Bertz CT molecular complexity index is 1600. The molecule has 1 atom stereocenters. The second-order valence-electron chi connectivity index (χ2n) is 9.18. The number of amides is 1. The lowest BCUT2D eigenvalue weighted by atomic mass is 10.1. The number of rotatable bonds is 7. The summed E-state index contributed by atoms with van der Waals surface area (Å²) < 4.78 is 40.4. The number of nitrogens with zero attached hydrogens (tertiary/aromatic N) is 3. The Balaban J connectivity index is 1.76. The summed E-state index contributed by atoms with van der Waals surface area (Å²) in [5.41, 5.74) is 1.35. The van der Waals surface area contributed by atoms with Crippen molar-refractivity contribution in [3.63, 3.8) is 0 Å². The van der Waals surface area contributed by atoms with Gasteiger partial charge in [0, 0.05) is 12.1 Å². The number of carbonyl (C=O) groups excluding carboxylic acids is 1. The van der Waals surface area contributed by atoms with Gasteiger partial charge in [0.2, 0.25) is 5.91 Å². The van der Waals surface area contributed by atoms with Crippen LogP contribution in [-0.4, -0.2) is 26.9 Å². The van der Waals surface area contributed by atoms with Gasteiger partial charge in [-0.05, 0) is 74.4 Å². The molecule has 0 saturated carbocycles. The highest BCUT2D eigenvalue weighted by Crippen LogP contribution is 2.29. The maximum Gasteiger partial charge on any atom is 0.416 e. The predicted octanol–water partition coefficient (Wildman–Crippen LogP) is 6.32. The molecule has 0 aliphatic heterocycles. The first-order valence-electron chi connectivity index (χ1n) is 12.6. The van der Waals surface area contributed by atoms with Crippen molar-refractivity contribution in [3.8, 4) is 17.5 Å². The van der Waals surface area contributed by atoms with E-state index >= 15 is 0 Å². The van der Waals surface area contributed by atoms with Crippen molar-refractivity contribution in [3.05, 3.63) is 106 Å². The highest BCUT2D eigenvalue weighted by molar-refractivity contribution is 5.80. The molecule has 0 aliphatic carbocycles. The third-order valence-corrected chi connectivity index (χ3v) is 6.46. The molecule has 1 heterocycles. The minimum absolute atomic E-state index is 0.0787. The molecule has 8 heteroatoms. The van der Waals surface area contributed by atoms with Gasteiger partial charge in [0.05, 0.1) is 34.6 Å². The maximum atomic E-state index is 13.7. The van der Waals surface area contributed by atoms with Crippen LogP contribution in [0.4, 0.5) is 13.2 Å². The molecule has 0 bridgehead atoms. The van der Waals surface area contributed by atoms with E-state index in [0.717, 1.165) is 17.7 Å². The summed E-state index contributed by atoms with van der Waals surface area (Å²) in [6.07, 6.45) is -3.88. The molecule has 4 aromatic rings. The van der Waals surface area contributed by atoms with E-state index in [0.29, 0.717) is 40.9 Å². The smallest absolute Gasteiger partial charge is 0.332 e. The Morgan fingerprint density at radius 1 is 1.03 bits per heavy atom. The maximum absolute atomic E-state index is 13.7. The predicted molar refractivity (Wildman–Crippen MR) is 145 cm³/mol. The molecule has 3 aromatic carbocycles. The standard InChI is InChI=1S/C31H28F3N3O2/c1-4-8-22-13-17-25(18-14-22)37-29(35-27-10-7-6-9-26(27)30(37)39)21(3)36(19-5-2)28(38)20-23-11-15-24(16-12-23)31(32,33)34/h6-7,9-18,21H,5,19-20H2,1-3H3. The van der Waals surface area contributed by atoms with E-state index in [1.54, 1.807) is 48.2 Å². The van der Waals surface area contributed by atoms with Gasteiger partial charge in [0.25, 0.3) is 5.56 Å². The molecule has 1 aromatic heterocycles. The van der Waals surface area contributed by atoms with Crippen molar-refractivity contribution >= 4 is 16.8 Å². The molecule has 0 radical (unpaired) electrons. The van der Waals surface area contributed by atoms with Crippen molar-refractivity contribution in [1.29, 1.82) is 0 Å². The molecule has 0 fully saturated rings. The monoisotopic (exact) mass is 531 g/mol. The number of alkyl halides is 3. The van der Waals surface area contributed by atoms with Gasteiger partial charge < -0.3 is 4.90 Å². The number of aromatic nitrogens is 2. The lowest BCUT2D eigenvalue weighted by Crippen LogP contribution is -2.38. The summed E-state index contributed by atoms with van der Waals surface area (Å²) >= 11 is 0. The zero-order chi connectivity index (χ0) is 28.2. The SMILES string of the molecule is CC#Cc1ccc(-n2c(C(C)N(CCC)C(=O)Cc3ccc(C(F)(F)F)cc3)nc3ccccc3c2=O)cc1. The zero-order valence-corrected chi connectivity index (χ0v) is 21.9. The summed E-state index contributed by atoms with van der Waals surface area (Å²) in [5, 5.41) is 0.448. The Morgan fingerprint density at radius 3 is 2.31 bits per heavy atom. The molecule has 200 valence electrons. The van der Waals surface area contributed by atoms with E-state index < -0.39 is 17.8 Å². The van der Waals surface area contributed by atoms with Crippen molar-refractivity contribution < 1.29 is 18.0 Å². The average molecular weight is 532 g/mol. The molecule has 4 rings (SSSR count). The number of hydrogen-bond donors (Lipinski definition) is 0. The first-order valence-corrected chi connectivity index (χ1v) is 12.6. The molecule has 0 N–H and O–H groups in total. The van der Waals surface area contributed by atoms with Crippen molar-refractivity contribution in [2.75, 3.05) is 6.54 Å². The molecule has 0 saturated heterocycles. The summed E-state index contributed by atoms with van der Waals surface area (Å²) in [5.74, 6) is 5.95. The van der Waals surface area contributed by atoms with Crippen LogP contribution in [0, 0.1) is 11.8 Å². The first kappa shape index (κ1) is 27.6. The average Bonchev–Trinajstić information content (AvgIpc) is 2.92.